The van der Waals surface area contributed by atoms with E-state index in [0.29, 0.717) is 25.3 Å². The van der Waals surface area contributed by atoms with Gasteiger partial charge in [0.05, 0.1) is 5.75 Å². The highest BCUT2D eigenvalue weighted by Crippen LogP contribution is 2.22. The number of thioether (sulfide) groups is 1. The molecule has 0 aliphatic carbocycles. The van der Waals surface area contributed by atoms with Crippen LogP contribution in [-0.4, -0.2) is 44.5 Å². The predicted molar refractivity (Wildman–Crippen MR) is 73.8 cm³/mol. The van der Waals surface area contributed by atoms with Gasteiger partial charge in [-0.1, -0.05) is 6.92 Å². The third kappa shape index (κ3) is 2.75. The quantitative estimate of drug-likeness (QED) is 0.852. The standard InChI is InChI=1S/C12H18N4O2S/c1-3-19-7-10(17)16-5-4-9-8(6-16)11(12(13)18)14-15(9)2/h3-7H2,1-2H3,(H2,13,18). The lowest BCUT2D eigenvalue weighted by Crippen LogP contribution is -2.38. The Morgan fingerprint density at radius 1 is 1.47 bits per heavy atom. The fraction of sp³-hybridized carbons (Fsp3) is 0.583. The van der Waals surface area contributed by atoms with Crippen LogP contribution in [0.3, 0.4) is 0 Å². The summed E-state index contributed by atoms with van der Waals surface area (Å²) in [6.45, 7) is 3.14. The molecule has 2 N–H and O–H groups in total. The van der Waals surface area contributed by atoms with Crippen LogP contribution in [-0.2, 0) is 24.8 Å². The Balaban J connectivity index is 2.18. The minimum atomic E-state index is -0.533. The number of nitrogens with zero attached hydrogens (tertiary/aromatic N) is 3. The van der Waals surface area contributed by atoms with Crippen LogP contribution in [0.4, 0.5) is 0 Å². The molecule has 2 heterocycles. The van der Waals surface area contributed by atoms with Gasteiger partial charge in [0.25, 0.3) is 5.91 Å². The molecule has 0 radical (unpaired) electrons. The first-order chi connectivity index (χ1) is 9.04. The number of carbonyl (C=O) groups is 2. The third-order valence-electron chi connectivity index (χ3n) is 3.26. The summed E-state index contributed by atoms with van der Waals surface area (Å²) in [4.78, 5) is 25.2. The summed E-state index contributed by atoms with van der Waals surface area (Å²) in [5, 5.41) is 4.15. The van der Waals surface area contributed by atoms with Crippen LogP contribution in [0.15, 0.2) is 0 Å². The van der Waals surface area contributed by atoms with E-state index in [1.165, 1.54) is 0 Å². The molecule has 0 fully saturated rings. The van der Waals surface area contributed by atoms with Crippen molar-refractivity contribution in [2.75, 3.05) is 18.1 Å². The fourth-order valence-electron chi connectivity index (χ4n) is 2.28. The zero-order chi connectivity index (χ0) is 14.0. The molecule has 1 aliphatic rings. The average molecular weight is 282 g/mol. The van der Waals surface area contributed by atoms with Gasteiger partial charge in [-0.3, -0.25) is 14.3 Å². The summed E-state index contributed by atoms with van der Waals surface area (Å²) in [6.07, 6.45) is 0.717. The summed E-state index contributed by atoms with van der Waals surface area (Å²) < 4.78 is 1.69. The Bertz CT molecular complexity index is 512. The van der Waals surface area contributed by atoms with Crippen LogP contribution in [0.1, 0.15) is 28.7 Å². The smallest absolute Gasteiger partial charge is 0.269 e. The molecule has 1 aromatic rings. The van der Waals surface area contributed by atoms with E-state index in [2.05, 4.69) is 5.10 Å². The zero-order valence-electron chi connectivity index (χ0n) is 11.2. The van der Waals surface area contributed by atoms with Crippen molar-refractivity contribution in [2.24, 2.45) is 12.8 Å². The lowest BCUT2D eigenvalue weighted by molar-refractivity contribution is -0.129. The minimum absolute atomic E-state index is 0.108. The molecule has 2 rings (SSSR count). The van der Waals surface area contributed by atoms with Crippen molar-refractivity contribution in [3.63, 3.8) is 0 Å². The molecule has 0 saturated carbocycles. The second-order valence-corrected chi connectivity index (χ2v) is 5.74. The number of fused-ring (bicyclic) bond motifs is 1. The van der Waals surface area contributed by atoms with Crippen molar-refractivity contribution in [3.05, 3.63) is 17.0 Å². The van der Waals surface area contributed by atoms with Gasteiger partial charge in [0.2, 0.25) is 5.91 Å². The molecule has 7 heteroatoms. The number of primary amides is 1. The van der Waals surface area contributed by atoms with Crippen molar-refractivity contribution in [1.82, 2.24) is 14.7 Å². The molecule has 0 atom stereocenters. The van der Waals surface area contributed by atoms with E-state index in [1.54, 1.807) is 28.4 Å². The second-order valence-electron chi connectivity index (χ2n) is 4.46. The van der Waals surface area contributed by atoms with Crippen LogP contribution in [0.5, 0.6) is 0 Å². The molecular weight excluding hydrogens is 264 g/mol. The highest BCUT2D eigenvalue weighted by Gasteiger charge is 2.28. The van der Waals surface area contributed by atoms with Crippen LogP contribution in [0.2, 0.25) is 0 Å². The zero-order valence-corrected chi connectivity index (χ0v) is 12.0. The molecule has 1 aromatic heterocycles. The number of hydrogen-bond acceptors (Lipinski definition) is 4. The fourth-order valence-corrected chi connectivity index (χ4v) is 2.85. The number of carbonyl (C=O) groups excluding carboxylic acids is 2. The number of nitrogens with two attached hydrogens (primary N) is 1. The highest BCUT2D eigenvalue weighted by molar-refractivity contribution is 7.99. The summed E-state index contributed by atoms with van der Waals surface area (Å²) >= 11 is 1.60. The molecule has 6 nitrogen and oxygen atoms in total. The minimum Gasteiger partial charge on any atom is -0.364 e. The molecule has 0 unspecified atom stereocenters. The maximum absolute atomic E-state index is 12.0. The first kappa shape index (κ1) is 13.9. The van der Waals surface area contributed by atoms with E-state index >= 15 is 0 Å². The summed E-state index contributed by atoms with van der Waals surface area (Å²) in [5.74, 6) is 0.980. The predicted octanol–water partition coefficient (Wildman–Crippen LogP) is 0.157. The van der Waals surface area contributed by atoms with Crippen LogP contribution in [0.25, 0.3) is 0 Å². The van der Waals surface area contributed by atoms with Gasteiger partial charge in [-0.25, -0.2) is 0 Å². The SMILES string of the molecule is CCSCC(=O)N1CCc2c(c(C(N)=O)nn2C)C1. The van der Waals surface area contributed by atoms with Gasteiger partial charge in [-0.05, 0) is 5.75 Å². The highest BCUT2D eigenvalue weighted by atomic mass is 32.2. The van der Waals surface area contributed by atoms with Crippen molar-refractivity contribution < 1.29 is 9.59 Å². The van der Waals surface area contributed by atoms with Gasteiger partial charge < -0.3 is 10.6 Å². The Labute approximate surface area is 116 Å². The number of aromatic nitrogens is 2. The van der Waals surface area contributed by atoms with Crippen LogP contribution >= 0.6 is 11.8 Å². The van der Waals surface area contributed by atoms with E-state index in [0.717, 1.165) is 17.0 Å². The summed E-state index contributed by atoms with van der Waals surface area (Å²) in [7, 11) is 1.80. The number of amides is 2. The van der Waals surface area contributed by atoms with Gasteiger partial charge in [-0.2, -0.15) is 16.9 Å². The molecule has 0 aromatic carbocycles. The lowest BCUT2D eigenvalue weighted by atomic mass is 10.0. The Kier molecular flexibility index (Phi) is 4.14. The maximum Gasteiger partial charge on any atom is 0.269 e. The topological polar surface area (TPSA) is 81.2 Å². The van der Waals surface area contributed by atoms with Crippen molar-refractivity contribution in [3.8, 4) is 0 Å². The van der Waals surface area contributed by atoms with Crippen molar-refractivity contribution in [1.29, 1.82) is 0 Å². The molecule has 0 saturated heterocycles. The molecular formula is C12H18N4O2S. The third-order valence-corrected chi connectivity index (χ3v) is 4.12. The molecule has 0 bridgehead atoms. The normalized spacial score (nSPS) is 14.3. The first-order valence-electron chi connectivity index (χ1n) is 6.24. The Morgan fingerprint density at radius 2 is 2.21 bits per heavy atom. The van der Waals surface area contributed by atoms with Crippen LogP contribution in [0, 0.1) is 0 Å². The van der Waals surface area contributed by atoms with E-state index in [1.807, 2.05) is 6.92 Å². The Hall–Kier alpha value is -1.50. The first-order valence-corrected chi connectivity index (χ1v) is 7.40. The molecule has 2 amide bonds. The number of rotatable bonds is 4. The van der Waals surface area contributed by atoms with Crippen molar-refractivity contribution >= 4 is 23.6 Å². The van der Waals surface area contributed by atoms with Gasteiger partial charge in [0.15, 0.2) is 5.69 Å². The van der Waals surface area contributed by atoms with E-state index in [-0.39, 0.29) is 11.6 Å². The molecule has 104 valence electrons. The summed E-state index contributed by atoms with van der Waals surface area (Å²) in [6, 6.07) is 0. The van der Waals surface area contributed by atoms with Gasteiger partial charge in [-0.15, -0.1) is 0 Å². The van der Waals surface area contributed by atoms with Crippen molar-refractivity contribution in [2.45, 2.75) is 19.9 Å². The monoisotopic (exact) mass is 282 g/mol. The summed E-state index contributed by atoms with van der Waals surface area (Å²) in [5.41, 5.74) is 7.42. The average Bonchev–Trinajstić information content (AvgIpc) is 2.73. The van der Waals surface area contributed by atoms with E-state index < -0.39 is 5.91 Å². The van der Waals surface area contributed by atoms with Gasteiger partial charge >= 0.3 is 0 Å². The van der Waals surface area contributed by atoms with E-state index in [4.69, 9.17) is 5.73 Å². The molecule has 0 spiro atoms. The molecule has 1 aliphatic heterocycles. The van der Waals surface area contributed by atoms with E-state index in [9.17, 15) is 9.59 Å². The van der Waals surface area contributed by atoms with Gasteiger partial charge in [0, 0.05) is 37.8 Å². The number of aryl methyl sites for hydroxylation is 1. The van der Waals surface area contributed by atoms with Gasteiger partial charge in [0.1, 0.15) is 0 Å². The second kappa shape index (κ2) is 5.64. The maximum atomic E-state index is 12.0. The number of hydrogen-bond donors (Lipinski definition) is 1. The van der Waals surface area contributed by atoms with Crippen LogP contribution < -0.4 is 5.73 Å². The lowest BCUT2D eigenvalue weighted by Gasteiger charge is -2.27. The largest absolute Gasteiger partial charge is 0.364 e. The Morgan fingerprint density at radius 3 is 2.84 bits per heavy atom. The molecule has 19 heavy (non-hydrogen) atoms.